The maximum absolute atomic E-state index is 8.88. The number of nitrogens with zero attached hydrogens (tertiary/aromatic N) is 1. The number of halogens is 1. The summed E-state index contributed by atoms with van der Waals surface area (Å²) in [5.74, 6) is 0. The van der Waals surface area contributed by atoms with Gasteiger partial charge >= 0.3 is 0 Å². The zero-order chi connectivity index (χ0) is 13.7. The van der Waals surface area contributed by atoms with Crippen molar-refractivity contribution >= 4 is 33.0 Å². The van der Waals surface area contributed by atoms with Crippen LogP contribution in [0.1, 0.15) is 36.2 Å². The standard InChI is InChI=1S/C15H15BrN2S/c1-2-4-14(15-5-3-8-19-15)18-13-7-6-11(10-17)9-12(13)16/h3,5-9,14,18H,2,4H2,1H3. The van der Waals surface area contributed by atoms with Crippen molar-refractivity contribution in [3.05, 3.63) is 50.6 Å². The third-order valence-corrected chi connectivity index (χ3v) is 4.53. The molecule has 0 amide bonds. The van der Waals surface area contributed by atoms with Gasteiger partial charge in [-0.15, -0.1) is 11.3 Å². The Morgan fingerprint density at radius 2 is 2.26 bits per heavy atom. The summed E-state index contributed by atoms with van der Waals surface area (Å²) in [6, 6.07) is 12.4. The summed E-state index contributed by atoms with van der Waals surface area (Å²) in [6.45, 7) is 2.19. The molecular formula is C15H15BrN2S. The molecule has 0 aliphatic rings. The molecule has 4 heteroatoms. The van der Waals surface area contributed by atoms with Gasteiger partial charge in [-0.05, 0) is 52.0 Å². The monoisotopic (exact) mass is 334 g/mol. The van der Waals surface area contributed by atoms with Crippen molar-refractivity contribution in [2.45, 2.75) is 25.8 Å². The molecule has 0 saturated heterocycles. The number of thiophene rings is 1. The quantitative estimate of drug-likeness (QED) is 0.801. The van der Waals surface area contributed by atoms with E-state index in [4.69, 9.17) is 5.26 Å². The lowest BCUT2D eigenvalue weighted by Crippen LogP contribution is -2.09. The zero-order valence-corrected chi connectivity index (χ0v) is 13.1. The molecule has 2 rings (SSSR count). The first-order valence-electron chi connectivity index (χ1n) is 6.24. The van der Waals surface area contributed by atoms with E-state index in [-0.39, 0.29) is 0 Å². The van der Waals surface area contributed by atoms with Gasteiger partial charge in [0.2, 0.25) is 0 Å². The highest BCUT2D eigenvalue weighted by Crippen LogP contribution is 2.31. The summed E-state index contributed by atoms with van der Waals surface area (Å²) in [5, 5.41) is 14.5. The maximum atomic E-state index is 8.88. The SMILES string of the molecule is CCCC(Nc1ccc(C#N)cc1Br)c1cccs1. The Morgan fingerprint density at radius 3 is 2.84 bits per heavy atom. The van der Waals surface area contributed by atoms with E-state index >= 15 is 0 Å². The normalized spacial score (nSPS) is 11.8. The average molecular weight is 335 g/mol. The second-order valence-electron chi connectivity index (χ2n) is 4.31. The average Bonchev–Trinajstić information content (AvgIpc) is 2.94. The fourth-order valence-electron chi connectivity index (χ4n) is 1.95. The summed E-state index contributed by atoms with van der Waals surface area (Å²) >= 11 is 5.29. The van der Waals surface area contributed by atoms with E-state index in [1.165, 1.54) is 4.88 Å². The lowest BCUT2D eigenvalue weighted by molar-refractivity contribution is 0.687. The van der Waals surface area contributed by atoms with Gasteiger partial charge in [0.1, 0.15) is 0 Å². The third-order valence-electron chi connectivity index (χ3n) is 2.89. The zero-order valence-electron chi connectivity index (χ0n) is 10.7. The van der Waals surface area contributed by atoms with Crippen molar-refractivity contribution < 1.29 is 0 Å². The Labute approximate surface area is 126 Å². The predicted octanol–water partition coefficient (Wildman–Crippen LogP) is 5.34. The van der Waals surface area contributed by atoms with E-state index in [1.54, 1.807) is 11.3 Å². The number of hydrogen-bond donors (Lipinski definition) is 1. The van der Waals surface area contributed by atoms with E-state index in [9.17, 15) is 0 Å². The van der Waals surface area contributed by atoms with Gasteiger partial charge in [-0.25, -0.2) is 0 Å². The summed E-state index contributed by atoms with van der Waals surface area (Å²) in [4.78, 5) is 1.35. The van der Waals surface area contributed by atoms with E-state index in [0.717, 1.165) is 23.0 Å². The molecule has 1 aromatic heterocycles. The smallest absolute Gasteiger partial charge is 0.0992 e. The van der Waals surface area contributed by atoms with Crippen LogP contribution >= 0.6 is 27.3 Å². The van der Waals surface area contributed by atoms with Gasteiger partial charge in [-0.3, -0.25) is 0 Å². The van der Waals surface area contributed by atoms with Crippen LogP contribution < -0.4 is 5.32 Å². The fourth-order valence-corrected chi connectivity index (χ4v) is 3.26. The number of benzene rings is 1. The number of nitrogens with one attached hydrogen (secondary N) is 1. The molecule has 0 saturated carbocycles. The maximum Gasteiger partial charge on any atom is 0.0992 e. The molecule has 2 nitrogen and oxygen atoms in total. The summed E-state index contributed by atoms with van der Waals surface area (Å²) in [5.41, 5.74) is 1.70. The van der Waals surface area contributed by atoms with Gasteiger partial charge in [0, 0.05) is 15.0 Å². The largest absolute Gasteiger partial charge is 0.377 e. The molecule has 0 spiro atoms. The van der Waals surface area contributed by atoms with Crippen molar-refractivity contribution in [2.75, 3.05) is 5.32 Å². The molecule has 0 aliphatic carbocycles. The summed E-state index contributed by atoms with van der Waals surface area (Å²) < 4.78 is 0.934. The first-order chi connectivity index (χ1) is 9.24. The Kier molecular flexibility index (Phi) is 5.00. The van der Waals surface area contributed by atoms with Crippen LogP contribution in [0, 0.1) is 11.3 Å². The Hall–Kier alpha value is -1.31. The Balaban J connectivity index is 2.20. The third kappa shape index (κ3) is 3.59. The van der Waals surface area contributed by atoms with Gasteiger partial charge in [-0.1, -0.05) is 19.4 Å². The van der Waals surface area contributed by atoms with E-state index in [2.05, 4.69) is 51.8 Å². The summed E-state index contributed by atoms with van der Waals surface area (Å²) in [7, 11) is 0. The Bertz CT molecular complexity index is 572. The van der Waals surface area contributed by atoms with Crippen LogP contribution in [0.15, 0.2) is 40.2 Å². The van der Waals surface area contributed by atoms with Crippen molar-refractivity contribution in [1.29, 1.82) is 5.26 Å². The molecule has 1 aromatic carbocycles. The molecular weight excluding hydrogens is 320 g/mol. The van der Waals surface area contributed by atoms with Crippen LogP contribution in [-0.4, -0.2) is 0 Å². The Morgan fingerprint density at radius 1 is 1.42 bits per heavy atom. The highest BCUT2D eigenvalue weighted by molar-refractivity contribution is 9.10. The molecule has 1 N–H and O–H groups in total. The van der Waals surface area contributed by atoms with Crippen LogP contribution in [0.5, 0.6) is 0 Å². The molecule has 0 fully saturated rings. The molecule has 1 unspecified atom stereocenters. The summed E-state index contributed by atoms with van der Waals surface area (Å²) in [6.07, 6.45) is 2.22. The lowest BCUT2D eigenvalue weighted by Gasteiger charge is -2.19. The predicted molar refractivity (Wildman–Crippen MR) is 84.4 cm³/mol. The topological polar surface area (TPSA) is 35.8 Å². The second-order valence-corrected chi connectivity index (χ2v) is 6.14. The highest BCUT2D eigenvalue weighted by Gasteiger charge is 2.13. The number of nitriles is 1. The van der Waals surface area contributed by atoms with Gasteiger partial charge in [0.05, 0.1) is 17.7 Å². The molecule has 0 aliphatic heterocycles. The minimum absolute atomic E-state index is 0.328. The van der Waals surface area contributed by atoms with Crippen LogP contribution in [0.25, 0.3) is 0 Å². The number of anilines is 1. The van der Waals surface area contributed by atoms with Crippen LogP contribution in [0.3, 0.4) is 0 Å². The van der Waals surface area contributed by atoms with Crippen LogP contribution in [0.2, 0.25) is 0 Å². The second kappa shape index (κ2) is 6.74. The fraction of sp³-hybridized carbons (Fsp3) is 0.267. The van der Waals surface area contributed by atoms with Crippen LogP contribution in [0.4, 0.5) is 5.69 Å². The van der Waals surface area contributed by atoms with Gasteiger partial charge in [0.15, 0.2) is 0 Å². The molecule has 0 radical (unpaired) electrons. The molecule has 0 bridgehead atoms. The number of hydrogen-bond acceptors (Lipinski definition) is 3. The molecule has 98 valence electrons. The van der Waals surface area contributed by atoms with Gasteiger partial charge < -0.3 is 5.32 Å². The van der Waals surface area contributed by atoms with E-state index in [1.807, 2.05) is 18.2 Å². The lowest BCUT2D eigenvalue weighted by atomic mass is 10.1. The molecule has 19 heavy (non-hydrogen) atoms. The first kappa shape index (κ1) is 14.1. The van der Waals surface area contributed by atoms with E-state index < -0.39 is 0 Å². The van der Waals surface area contributed by atoms with Gasteiger partial charge in [-0.2, -0.15) is 5.26 Å². The molecule has 2 aromatic rings. The van der Waals surface area contributed by atoms with Gasteiger partial charge in [0.25, 0.3) is 0 Å². The van der Waals surface area contributed by atoms with Crippen molar-refractivity contribution in [2.24, 2.45) is 0 Å². The number of rotatable bonds is 5. The minimum Gasteiger partial charge on any atom is -0.377 e. The van der Waals surface area contributed by atoms with Crippen molar-refractivity contribution in [1.82, 2.24) is 0 Å². The first-order valence-corrected chi connectivity index (χ1v) is 7.91. The molecule has 1 heterocycles. The van der Waals surface area contributed by atoms with Crippen molar-refractivity contribution in [3.8, 4) is 6.07 Å². The van der Waals surface area contributed by atoms with E-state index in [0.29, 0.717) is 11.6 Å². The highest BCUT2D eigenvalue weighted by atomic mass is 79.9. The van der Waals surface area contributed by atoms with Crippen molar-refractivity contribution in [3.63, 3.8) is 0 Å². The van der Waals surface area contributed by atoms with Crippen LogP contribution in [-0.2, 0) is 0 Å². The minimum atomic E-state index is 0.328. The molecule has 1 atom stereocenters.